The molecular weight excluding hydrogens is 453 g/mol. The number of hydrogen-bond acceptors (Lipinski definition) is 6. The van der Waals surface area contributed by atoms with Gasteiger partial charge in [0, 0.05) is 16.9 Å². The number of amides is 1. The number of anilines is 1. The zero-order valence-corrected chi connectivity index (χ0v) is 17.7. The van der Waals surface area contributed by atoms with E-state index in [4.69, 9.17) is 16.0 Å². The van der Waals surface area contributed by atoms with E-state index in [1.165, 1.54) is 0 Å². The van der Waals surface area contributed by atoms with Gasteiger partial charge < -0.3 is 9.73 Å². The van der Waals surface area contributed by atoms with Crippen molar-refractivity contribution >= 4 is 34.5 Å². The second kappa shape index (κ2) is 8.97. The first-order valence-corrected chi connectivity index (χ1v) is 10.9. The highest BCUT2D eigenvalue weighted by molar-refractivity contribution is 7.08. The average molecular weight is 471 g/mol. The van der Waals surface area contributed by atoms with E-state index in [2.05, 4.69) is 15.5 Å². The standard InChI is InChI=1S/C20H18ClF3N4O2S/c21-15-2-1-14(20(22,23)24)9-16(15)25-17(29)10-28-6-3-12(4-7-28)18-26-27-19(30-18)13-5-8-31-11-13/h1-2,5,8-9,11-12H,3-4,6-7,10H2,(H,25,29). The highest BCUT2D eigenvalue weighted by atomic mass is 35.5. The van der Waals surface area contributed by atoms with Crippen molar-refractivity contribution in [3.8, 4) is 11.5 Å². The van der Waals surface area contributed by atoms with Gasteiger partial charge in [0.05, 0.1) is 22.8 Å². The zero-order chi connectivity index (χ0) is 22.0. The van der Waals surface area contributed by atoms with Crippen LogP contribution in [0.5, 0.6) is 0 Å². The molecule has 6 nitrogen and oxygen atoms in total. The van der Waals surface area contributed by atoms with Gasteiger partial charge in [0.15, 0.2) is 0 Å². The number of aromatic nitrogens is 2. The number of carbonyl (C=O) groups is 1. The lowest BCUT2D eigenvalue weighted by Gasteiger charge is -2.29. The number of likely N-dealkylation sites (tertiary alicyclic amines) is 1. The van der Waals surface area contributed by atoms with Crippen LogP contribution >= 0.6 is 22.9 Å². The van der Waals surface area contributed by atoms with Crippen LogP contribution in [0, 0.1) is 0 Å². The van der Waals surface area contributed by atoms with Crippen LogP contribution in [0.25, 0.3) is 11.5 Å². The van der Waals surface area contributed by atoms with Crippen LogP contribution < -0.4 is 5.32 Å². The average Bonchev–Trinajstić information content (AvgIpc) is 3.41. The summed E-state index contributed by atoms with van der Waals surface area (Å²) >= 11 is 7.49. The Morgan fingerprint density at radius 2 is 2.03 bits per heavy atom. The van der Waals surface area contributed by atoms with Gasteiger partial charge in [-0.25, -0.2) is 0 Å². The minimum absolute atomic E-state index is 0.0526. The SMILES string of the molecule is O=C(CN1CCC(c2nnc(-c3ccsc3)o2)CC1)Nc1cc(C(F)(F)F)ccc1Cl. The summed E-state index contributed by atoms with van der Waals surface area (Å²) in [6.45, 7) is 1.32. The molecule has 3 aromatic rings. The Hall–Kier alpha value is -2.43. The predicted octanol–water partition coefficient (Wildman–Crippen LogP) is 5.29. The molecule has 1 aliphatic heterocycles. The summed E-state index contributed by atoms with van der Waals surface area (Å²) in [6.07, 6.45) is -3.03. The zero-order valence-electron chi connectivity index (χ0n) is 16.2. The van der Waals surface area contributed by atoms with Crippen molar-refractivity contribution in [2.75, 3.05) is 25.0 Å². The lowest BCUT2D eigenvalue weighted by atomic mass is 9.97. The molecule has 0 bridgehead atoms. The summed E-state index contributed by atoms with van der Waals surface area (Å²) < 4.78 is 44.5. The molecule has 3 heterocycles. The molecule has 0 saturated carbocycles. The Morgan fingerprint density at radius 1 is 1.26 bits per heavy atom. The Bertz CT molecular complexity index is 1050. The Balaban J connectivity index is 1.31. The van der Waals surface area contributed by atoms with Gasteiger partial charge in [-0.2, -0.15) is 24.5 Å². The molecule has 1 aliphatic rings. The number of thiophene rings is 1. The van der Waals surface area contributed by atoms with E-state index in [0.29, 0.717) is 24.9 Å². The van der Waals surface area contributed by atoms with Crippen molar-refractivity contribution in [1.29, 1.82) is 0 Å². The van der Waals surface area contributed by atoms with Crippen LogP contribution in [0.15, 0.2) is 39.4 Å². The van der Waals surface area contributed by atoms with Crippen LogP contribution in [0.1, 0.15) is 30.2 Å². The summed E-state index contributed by atoms with van der Waals surface area (Å²) in [5.74, 6) is 0.770. The summed E-state index contributed by atoms with van der Waals surface area (Å²) in [5.41, 5.74) is -0.0244. The minimum Gasteiger partial charge on any atom is -0.420 e. The van der Waals surface area contributed by atoms with Gasteiger partial charge >= 0.3 is 6.18 Å². The summed E-state index contributed by atoms with van der Waals surface area (Å²) in [4.78, 5) is 14.3. The van der Waals surface area contributed by atoms with Gasteiger partial charge in [0.25, 0.3) is 0 Å². The molecule has 0 unspecified atom stereocenters. The number of alkyl halides is 3. The molecule has 0 radical (unpaired) electrons. The second-order valence-electron chi connectivity index (χ2n) is 7.25. The quantitative estimate of drug-likeness (QED) is 0.548. The predicted molar refractivity (Wildman–Crippen MR) is 111 cm³/mol. The second-order valence-corrected chi connectivity index (χ2v) is 8.44. The molecular formula is C20H18ClF3N4O2S. The molecule has 0 aliphatic carbocycles. The number of benzene rings is 1. The third-order valence-electron chi connectivity index (χ3n) is 5.08. The van der Waals surface area contributed by atoms with E-state index in [1.54, 1.807) is 11.3 Å². The van der Waals surface area contributed by atoms with Crippen LogP contribution in [0.3, 0.4) is 0 Å². The van der Waals surface area contributed by atoms with E-state index in [1.807, 2.05) is 21.7 Å². The fourth-order valence-electron chi connectivity index (χ4n) is 3.43. The fraction of sp³-hybridized carbons (Fsp3) is 0.350. The first-order valence-electron chi connectivity index (χ1n) is 9.54. The van der Waals surface area contributed by atoms with Gasteiger partial charge in [-0.1, -0.05) is 11.6 Å². The van der Waals surface area contributed by atoms with Crippen LogP contribution in [-0.4, -0.2) is 40.6 Å². The number of carbonyl (C=O) groups excluding carboxylic acids is 1. The Morgan fingerprint density at radius 3 is 2.71 bits per heavy atom. The summed E-state index contributed by atoms with van der Waals surface area (Å²) in [6, 6.07) is 4.76. The number of nitrogens with zero attached hydrogens (tertiary/aromatic N) is 3. The molecule has 1 fully saturated rings. The van der Waals surface area contributed by atoms with Crippen molar-refractivity contribution < 1.29 is 22.4 Å². The maximum atomic E-state index is 12.9. The Labute approximate surface area is 185 Å². The fourth-order valence-corrected chi connectivity index (χ4v) is 4.23. The molecule has 0 spiro atoms. The molecule has 164 valence electrons. The largest absolute Gasteiger partial charge is 0.420 e. The number of hydrogen-bond donors (Lipinski definition) is 1. The molecule has 0 atom stereocenters. The molecule has 2 aromatic heterocycles. The summed E-state index contributed by atoms with van der Waals surface area (Å²) in [5, 5.41) is 14.7. The summed E-state index contributed by atoms with van der Waals surface area (Å²) in [7, 11) is 0. The highest BCUT2D eigenvalue weighted by Gasteiger charge is 2.31. The van der Waals surface area contributed by atoms with E-state index in [-0.39, 0.29) is 23.2 Å². The van der Waals surface area contributed by atoms with Crippen molar-refractivity contribution in [2.45, 2.75) is 24.9 Å². The third-order valence-corrected chi connectivity index (χ3v) is 6.09. The van der Waals surface area contributed by atoms with Gasteiger partial charge in [-0.05, 0) is 55.6 Å². The monoisotopic (exact) mass is 470 g/mol. The number of halogens is 4. The molecule has 11 heteroatoms. The van der Waals surface area contributed by atoms with Crippen LogP contribution in [0.4, 0.5) is 18.9 Å². The number of nitrogens with one attached hydrogen (secondary N) is 1. The smallest absolute Gasteiger partial charge is 0.416 e. The van der Waals surface area contributed by atoms with Crippen molar-refractivity contribution in [2.24, 2.45) is 0 Å². The highest BCUT2D eigenvalue weighted by Crippen LogP contribution is 2.34. The minimum atomic E-state index is -4.51. The molecule has 1 aromatic carbocycles. The Kier molecular flexibility index (Phi) is 6.31. The molecule has 4 rings (SSSR count). The maximum absolute atomic E-state index is 12.9. The molecule has 1 saturated heterocycles. The van der Waals surface area contributed by atoms with Gasteiger partial charge in [0.2, 0.25) is 17.7 Å². The number of piperidine rings is 1. The van der Waals surface area contributed by atoms with Crippen molar-refractivity contribution in [3.63, 3.8) is 0 Å². The normalized spacial score (nSPS) is 15.9. The lowest BCUT2D eigenvalue weighted by molar-refractivity contribution is -0.137. The van der Waals surface area contributed by atoms with E-state index in [9.17, 15) is 18.0 Å². The molecule has 1 amide bonds. The molecule has 31 heavy (non-hydrogen) atoms. The van der Waals surface area contributed by atoms with Gasteiger partial charge in [-0.15, -0.1) is 10.2 Å². The molecule has 1 N–H and O–H groups in total. The van der Waals surface area contributed by atoms with E-state index in [0.717, 1.165) is 36.6 Å². The van der Waals surface area contributed by atoms with Crippen LogP contribution in [-0.2, 0) is 11.0 Å². The van der Waals surface area contributed by atoms with E-state index >= 15 is 0 Å². The first-order chi connectivity index (χ1) is 14.8. The van der Waals surface area contributed by atoms with Gasteiger partial charge in [0.1, 0.15) is 0 Å². The van der Waals surface area contributed by atoms with Crippen molar-refractivity contribution in [3.05, 3.63) is 51.5 Å². The first kappa shape index (κ1) is 21.8. The third kappa shape index (κ3) is 5.25. The van der Waals surface area contributed by atoms with E-state index < -0.39 is 17.6 Å². The maximum Gasteiger partial charge on any atom is 0.416 e. The van der Waals surface area contributed by atoms with Gasteiger partial charge in [-0.3, -0.25) is 9.69 Å². The van der Waals surface area contributed by atoms with Crippen LogP contribution in [0.2, 0.25) is 5.02 Å². The number of rotatable bonds is 5. The lowest BCUT2D eigenvalue weighted by Crippen LogP contribution is -2.38. The van der Waals surface area contributed by atoms with Crippen molar-refractivity contribution in [1.82, 2.24) is 15.1 Å². The topological polar surface area (TPSA) is 71.3 Å².